The Morgan fingerprint density at radius 3 is 3.08 bits per heavy atom. The van der Waals surface area contributed by atoms with E-state index in [0.717, 1.165) is 0 Å². The SMILES string of the molecule is COC(C)NC(=O)c1[c]nccc1. The van der Waals surface area contributed by atoms with Gasteiger partial charge in [-0.2, -0.15) is 0 Å². The molecule has 1 heterocycles. The van der Waals surface area contributed by atoms with Gasteiger partial charge in [-0.05, 0) is 19.1 Å². The molecule has 1 aromatic heterocycles. The summed E-state index contributed by atoms with van der Waals surface area (Å²) < 4.78 is 4.88. The first-order valence-corrected chi connectivity index (χ1v) is 3.90. The molecule has 0 spiro atoms. The zero-order valence-corrected chi connectivity index (χ0v) is 7.57. The smallest absolute Gasteiger partial charge is 0.255 e. The molecule has 1 atom stereocenters. The summed E-state index contributed by atoms with van der Waals surface area (Å²) in [7, 11) is 1.53. The van der Waals surface area contributed by atoms with E-state index in [9.17, 15) is 4.79 Å². The average Bonchev–Trinajstić information content (AvgIpc) is 2.19. The highest BCUT2D eigenvalue weighted by Gasteiger charge is 2.08. The highest BCUT2D eigenvalue weighted by atomic mass is 16.5. The molecule has 1 aromatic rings. The van der Waals surface area contributed by atoms with Gasteiger partial charge in [-0.15, -0.1) is 0 Å². The number of aromatic nitrogens is 1. The van der Waals surface area contributed by atoms with Crippen LogP contribution in [0.1, 0.15) is 17.3 Å². The molecule has 0 aliphatic heterocycles. The summed E-state index contributed by atoms with van der Waals surface area (Å²) in [6.45, 7) is 1.74. The minimum Gasteiger partial charge on any atom is -0.362 e. The molecule has 0 aliphatic carbocycles. The second kappa shape index (κ2) is 4.57. The largest absolute Gasteiger partial charge is 0.362 e. The van der Waals surface area contributed by atoms with Crippen LogP contribution in [0.25, 0.3) is 0 Å². The topological polar surface area (TPSA) is 51.2 Å². The van der Waals surface area contributed by atoms with Crippen LogP contribution >= 0.6 is 0 Å². The number of methoxy groups -OCH3 is 1. The lowest BCUT2D eigenvalue weighted by Crippen LogP contribution is -2.33. The Balaban J connectivity index is 2.59. The summed E-state index contributed by atoms with van der Waals surface area (Å²) in [5.41, 5.74) is 0.409. The Morgan fingerprint density at radius 1 is 1.77 bits per heavy atom. The molecule has 0 saturated heterocycles. The molecule has 1 N–H and O–H groups in total. The van der Waals surface area contributed by atoms with Gasteiger partial charge in [0.1, 0.15) is 12.4 Å². The van der Waals surface area contributed by atoms with E-state index in [1.807, 2.05) is 0 Å². The average molecular weight is 179 g/mol. The van der Waals surface area contributed by atoms with E-state index >= 15 is 0 Å². The summed E-state index contributed by atoms with van der Waals surface area (Å²) in [4.78, 5) is 15.1. The van der Waals surface area contributed by atoms with Gasteiger partial charge in [0.05, 0.1) is 5.56 Å². The van der Waals surface area contributed by atoms with Crippen LogP contribution in [-0.2, 0) is 4.74 Å². The molecule has 1 radical (unpaired) electrons. The zero-order chi connectivity index (χ0) is 9.68. The Morgan fingerprint density at radius 2 is 2.54 bits per heavy atom. The summed E-state index contributed by atoms with van der Waals surface area (Å²) in [5.74, 6) is -0.234. The van der Waals surface area contributed by atoms with E-state index in [4.69, 9.17) is 4.74 Å². The lowest BCUT2D eigenvalue weighted by Gasteiger charge is -2.10. The van der Waals surface area contributed by atoms with Crippen LogP contribution < -0.4 is 5.32 Å². The first-order chi connectivity index (χ1) is 6.24. The number of nitrogens with one attached hydrogen (secondary N) is 1. The quantitative estimate of drug-likeness (QED) is 0.691. The van der Waals surface area contributed by atoms with Crippen molar-refractivity contribution in [1.29, 1.82) is 0 Å². The van der Waals surface area contributed by atoms with Crippen molar-refractivity contribution in [2.45, 2.75) is 13.2 Å². The molecule has 0 bridgehead atoms. The third kappa shape index (κ3) is 2.83. The normalized spacial score (nSPS) is 12.2. The van der Waals surface area contributed by atoms with Crippen molar-refractivity contribution in [3.05, 3.63) is 30.1 Å². The highest BCUT2D eigenvalue weighted by Crippen LogP contribution is 1.95. The van der Waals surface area contributed by atoms with Gasteiger partial charge in [-0.1, -0.05) is 0 Å². The first kappa shape index (κ1) is 9.67. The number of hydrogen-bond donors (Lipinski definition) is 1. The van der Waals surface area contributed by atoms with E-state index in [1.165, 1.54) is 7.11 Å². The predicted molar refractivity (Wildman–Crippen MR) is 47.0 cm³/mol. The minimum absolute atomic E-state index is 0.234. The molecule has 13 heavy (non-hydrogen) atoms. The van der Waals surface area contributed by atoms with Gasteiger partial charge < -0.3 is 10.1 Å². The fourth-order valence-corrected chi connectivity index (χ4v) is 0.774. The van der Waals surface area contributed by atoms with Crippen LogP contribution in [0, 0.1) is 6.20 Å². The van der Waals surface area contributed by atoms with Gasteiger partial charge in [-0.25, -0.2) is 0 Å². The maximum atomic E-state index is 11.4. The summed E-state index contributed by atoms with van der Waals surface area (Å²) in [6, 6.07) is 3.33. The standard InChI is InChI=1S/C9H11N2O2/c1-7(13-2)11-9(12)8-4-3-5-10-6-8/h3-5,7H,1-2H3,(H,11,12). The van der Waals surface area contributed by atoms with Crippen molar-refractivity contribution < 1.29 is 9.53 Å². The van der Waals surface area contributed by atoms with Crippen LogP contribution in [0.5, 0.6) is 0 Å². The number of ether oxygens (including phenoxy) is 1. The Bertz CT molecular complexity index is 274. The molecular formula is C9H11N2O2. The molecule has 1 unspecified atom stereocenters. The Kier molecular flexibility index (Phi) is 3.40. The lowest BCUT2D eigenvalue weighted by atomic mass is 10.3. The number of amides is 1. The molecular weight excluding hydrogens is 168 g/mol. The molecule has 4 heteroatoms. The van der Waals surface area contributed by atoms with Crippen LogP contribution in [0.15, 0.2) is 18.3 Å². The van der Waals surface area contributed by atoms with Crippen molar-refractivity contribution in [2.24, 2.45) is 0 Å². The van der Waals surface area contributed by atoms with Gasteiger partial charge in [-0.3, -0.25) is 9.78 Å². The van der Waals surface area contributed by atoms with Crippen molar-refractivity contribution in [3.8, 4) is 0 Å². The molecule has 1 amide bonds. The van der Waals surface area contributed by atoms with Crippen molar-refractivity contribution >= 4 is 5.91 Å². The third-order valence-corrected chi connectivity index (χ3v) is 1.54. The molecule has 0 saturated carbocycles. The Labute approximate surface area is 76.9 Å². The van der Waals surface area contributed by atoms with Gasteiger partial charge in [0.15, 0.2) is 0 Å². The molecule has 69 valence electrons. The fraction of sp³-hybridized carbons (Fsp3) is 0.333. The summed E-state index contributed by atoms with van der Waals surface area (Å²) >= 11 is 0. The van der Waals surface area contributed by atoms with Crippen LogP contribution in [0.3, 0.4) is 0 Å². The molecule has 0 aliphatic rings. The molecule has 0 fully saturated rings. The van der Waals surface area contributed by atoms with Crippen molar-refractivity contribution in [1.82, 2.24) is 10.3 Å². The number of nitrogens with zero attached hydrogens (tertiary/aromatic N) is 1. The minimum atomic E-state index is -0.305. The first-order valence-electron chi connectivity index (χ1n) is 3.90. The van der Waals surface area contributed by atoms with Gasteiger partial charge >= 0.3 is 0 Å². The number of rotatable bonds is 3. The van der Waals surface area contributed by atoms with Crippen molar-refractivity contribution in [2.75, 3.05) is 7.11 Å². The lowest BCUT2D eigenvalue weighted by molar-refractivity contribution is 0.0658. The number of carbonyl (C=O) groups excluding carboxylic acids is 1. The molecule has 4 nitrogen and oxygen atoms in total. The van der Waals surface area contributed by atoms with Crippen molar-refractivity contribution in [3.63, 3.8) is 0 Å². The zero-order valence-electron chi connectivity index (χ0n) is 7.57. The molecule has 0 aromatic carbocycles. The van der Waals surface area contributed by atoms with Crippen LogP contribution in [0.4, 0.5) is 0 Å². The van der Waals surface area contributed by atoms with E-state index in [0.29, 0.717) is 5.56 Å². The maximum absolute atomic E-state index is 11.4. The monoisotopic (exact) mass is 179 g/mol. The van der Waals surface area contributed by atoms with E-state index in [1.54, 1.807) is 25.3 Å². The van der Waals surface area contributed by atoms with Crippen LogP contribution in [-0.4, -0.2) is 24.2 Å². The summed E-state index contributed by atoms with van der Waals surface area (Å²) in [5, 5.41) is 2.61. The Hall–Kier alpha value is -1.42. The van der Waals surface area contributed by atoms with Gasteiger partial charge in [0.2, 0.25) is 0 Å². The second-order valence-electron chi connectivity index (χ2n) is 2.51. The van der Waals surface area contributed by atoms with Gasteiger partial charge in [0, 0.05) is 13.3 Å². The third-order valence-electron chi connectivity index (χ3n) is 1.54. The van der Waals surface area contributed by atoms with E-state index < -0.39 is 0 Å². The highest BCUT2D eigenvalue weighted by molar-refractivity contribution is 5.93. The number of pyridine rings is 1. The molecule has 1 rings (SSSR count). The maximum Gasteiger partial charge on any atom is 0.255 e. The van der Waals surface area contributed by atoms with Gasteiger partial charge in [0.25, 0.3) is 5.91 Å². The fourth-order valence-electron chi connectivity index (χ4n) is 0.774. The van der Waals surface area contributed by atoms with E-state index in [-0.39, 0.29) is 12.1 Å². The van der Waals surface area contributed by atoms with E-state index in [2.05, 4.69) is 16.5 Å². The number of carbonyl (C=O) groups is 1. The summed E-state index contributed by atoms with van der Waals surface area (Å²) in [6.07, 6.45) is 3.84. The second-order valence-corrected chi connectivity index (χ2v) is 2.51. The predicted octanol–water partition coefficient (Wildman–Crippen LogP) is 0.604. The number of hydrogen-bond acceptors (Lipinski definition) is 3. The van der Waals surface area contributed by atoms with Crippen LogP contribution in [0.2, 0.25) is 0 Å².